The quantitative estimate of drug-likeness (QED) is 0.290. The highest BCUT2D eigenvalue weighted by atomic mass is 35.5. The number of halogens is 2. The Labute approximate surface area is 216 Å². The van der Waals surface area contributed by atoms with Gasteiger partial charge in [-0.1, -0.05) is 79.6 Å². The van der Waals surface area contributed by atoms with Crippen molar-refractivity contribution in [2.24, 2.45) is 5.92 Å². The second kappa shape index (κ2) is 18.6. The number of aryl methyl sites for hydroxylation is 1. The number of pyridine rings is 1. The predicted molar refractivity (Wildman–Crippen MR) is 150 cm³/mol. The number of nitrogens with zero attached hydrogens (tertiary/aromatic N) is 1. The fourth-order valence-electron chi connectivity index (χ4n) is 2.82. The van der Waals surface area contributed by atoms with Crippen LogP contribution in [0.1, 0.15) is 90.3 Å². The number of methoxy groups -OCH3 is 1. The summed E-state index contributed by atoms with van der Waals surface area (Å²) in [6.45, 7) is 22.8. The summed E-state index contributed by atoms with van der Waals surface area (Å²) in [5.41, 5.74) is 1.45. The van der Waals surface area contributed by atoms with Gasteiger partial charge in [0, 0.05) is 30.1 Å². The lowest BCUT2D eigenvalue weighted by Gasteiger charge is -2.15. The van der Waals surface area contributed by atoms with Gasteiger partial charge in [-0.2, -0.15) is 0 Å². The monoisotopic (exact) mass is 507 g/mol. The average Bonchev–Trinajstić information content (AvgIpc) is 2.81. The van der Waals surface area contributed by atoms with E-state index in [0.29, 0.717) is 23.4 Å². The number of hydrogen-bond donors (Lipinski definition) is 0. The molecule has 0 atom stereocenters. The minimum Gasteiger partial charge on any atom is -0.465 e. The lowest BCUT2D eigenvalue weighted by atomic mass is 10.0. The van der Waals surface area contributed by atoms with Crippen molar-refractivity contribution in [1.82, 2.24) is 4.57 Å². The molecule has 0 N–H and O–H groups in total. The Hall–Kier alpha value is -2.66. The van der Waals surface area contributed by atoms with Crippen LogP contribution in [0.2, 0.25) is 5.02 Å². The van der Waals surface area contributed by atoms with E-state index in [1.165, 1.54) is 31.5 Å². The molecule has 0 aliphatic carbocycles. The standard InChI is InChI=1S/C21H21ClFNO3.C4H10.2C2H6/c1-5-9-24-12-15(21(26)27-4)19(25)11-18(24)13(2)10-14(3)20-16(22)7-6-8-17(20)23;1-4(2)3;2*1-2/h6-8,10-12H,3,5,9H2,1-2,4H3;4H,1-3H3;2*1-2H3/b13-10+;;;. The summed E-state index contributed by atoms with van der Waals surface area (Å²) in [6.07, 6.45) is 3.95. The Kier molecular flexibility index (Phi) is 18.4. The van der Waals surface area contributed by atoms with E-state index in [2.05, 4.69) is 32.1 Å². The highest BCUT2D eigenvalue weighted by Crippen LogP contribution is 2.28. The van der Waals surface area contributed by atoms with E-state index in [1.807, 2.05) is 34.6 Å². The zero-order valence-corrected chi connectivity index (χ0v) is 23.8. The molecule has 1 aromatic heterocycles. The van der Waals surface area contributed by atoms with Crippen LogP contribution in [-0.2, 0) is 11.3 Å². The van der Waals surface area contributed by atoms with Crippen molar-refractivity contribution in [3.63, 3.8) is 0 Å². The summed E-state index contributed by atoms with van der Waals surface area (Å²) in [7, 11) is 1.23. The first-order valence-electron chi connectivity index (χ1n) is 12.2. The van der Waals surface area contributed by atoms with Crippen LogP contribution >= 0.6 is 11.6 Å². The molecule has 1 heterocycles. The van der Waals surface area contributed by atoms with E-state index < -0.39 is 17.2 Å². The molecule has 0 saturated carbocycles. The highest BCUT2D eigenvalue weighted by molar-refractivity contribution is 6.32. The van der Waals surface area contributed by atoms with Crippen molar-refractivity contribution in [3.8, 4) is 0 Å². The van der Waals surface area contributed by atoms with Gasteiger partial charge in [-0.05, 0) is 48.6 Å². The number of esters is 1. The fourth-order valence-corrected chi connectivity index (χ4v) is 3.10. The van der Waals surface area contributed by atoms with Crippen LogP contribution in [0.4, 0.5) is 4.39 Å². The van der Waals surface area contributed by atoms with E-state index >= 15 is 0 Å². The number of benzene rings is 1. The molecule has 2 rings (SSSR count). The molecule has 0 bridgehead atoms. The number of hydrogen-bond acceptors (Lipinski definition) is 3. The smallest absolute Gasteiger partial charge is 0.343 e. The minimum absolute atomic E-state index is 0.0292. The molecule has 0 aliphatic heterocycles. The van der Waals surface area contributed by atoms with Gasteiger partial charge in [0.15, 0.2) is 5.43 Å². The molecule has 1 aromatic carbocycles. The van der Waals surface area contributed by atoms with Crippen LogP contribution in [-0.4, -0.2) is 17.6 Å². The summed E-state index contributed by atoms with van der Waals surface area (Å²) in [6, 6.07) is 5.81. The Bertz CT molecular complexity index is 1000. The van der Waals surface area contributed by atoms with Gasteiger partial charge in [0.25, 0.3) is 0 Å². The molecular weight excluding hydrogens is 465 g/mol. The third-order valence-electron chi connectivity index (χ3n) is 4.08. The molecule has 0 radical (unpaired) electrons. The topological polar surface area (TPSA) is 48.3 Å². The molecule has 0 fully saturated rings. The largest absolute Gasteiger partial charge is 0.465 e. The second-order valence-corrected chi connectivity index (χ2v) is 8.21. The van der Waals surface area contributed by atoms with Crippen molar-refractivity contribution in [2.75, 3.05) is 7.11 Å². The zero-order chi connectivity index (χ0) is 27.7. The molecule has 0 aliphatic rings. The van der Waals surface area contributed by atoms with Crippen molar-refractivity contribution in [1.29, 1.82) is 0 Å². The maximum atomic E-state index is 14.1. The molecule has 4 nitrogen and oxygen atoms in total. The van der Waals surface area contributed by atoms with Crippen LogP contribution in [0.5, 0.6) is 0 Å². The van der Waals surface area contributed by atoms with E-state index in [9.17, 15) is 14.0 Å². The molecule has 0 saturated heterocycles. The Morgan fingerprint density at radius 1 is 1.20 bits per heavy atom. The number of allylic oxidation sites excluding steroid dienone is 3. The Morgan fingerprint density at radius 2 is 1.74 bits per heavy atom. The number of aromatic nitrogens is 1. The number of carbonyl (C=O) groups excluding carboxylic acids is 1. The first-order valence-corrected chi connectivity index (χ1v) is 12.6. The van der Waals surface area contributed by atoms with Crippen molar-refractivity contribution in [2.45, 2.75) is 75.3 Å². The summed E-state index contributed by atoms with van der Waals surface area (Å²) >= 11 is 6.09. The molecule has 196 valence electrons. The number of carbonyl (C=O) groups is 1. The molecule has 0 spiro atoms. The molecule has 0 unspecified atom stereocenters. The Balaban J connectivity index is 0. The zero-order valence-electron chi connectivity index (χ0n) is 23.1. The van der Waals surface area contributed by atoms with E-state index in [1.54, 1.807) is 23.6 Å². The summed E-state index contributed by atoms with van der Waals surface area (Å²) in [4.78, 5) is 24.1. The van der Waals surface area contributed by atoms with Crippen LogP contribution in [0.25, 0.3) is 11.1 Å². The maximum absolute atomic E-state index is 14.1. The average molecular weight is 508 g/mol. The molecule has 6 heteroatoms. The van der Waals surface area contributed by atoms with Gasteiger partial charge in [-0.3, -0.25) is 4.79 Å². The number of ether oxygens (including phenoxy) is 1. The maximum Gasteiger partial charge on any atom is 0.343 e. The van der Waals surface area contributed by atoms with Crippen LogP contribution in [0.3, 0.4) is 0 Å². The summed E-state index contributed by atoms with van der Waals surface area (Å²) in [5, 5.41) is 0.260. The SMILES string of the molecule is C=C(/C=C(\C)c1cc(=O)c(C(=O)OC)cn1CCC)c1c(F)cccc1Cl.CC.CC.CC(C)C. The molecule has 2 aromatic rings. The van der Waals surface area contributed by atoms with Crippen LogP contribution < -0.4 is 5.43 Å². The van der Waals surface area contributed by atoms with Gasteiger partial charge in [0.05, 0.1) is 12.1 Å². The van der Waals surface area contributed by atoms with E-state index in [-0.39, 0.29) is 16.1 Å². The van der Waals surface area contributed by atoms with Gasteiger partial charge in [0.1, 0.15) is 11.4 Å². The van der Waals surface area contributed by atoms with Crippen LogP contribution in [0.15, 0.2) is 47.9 Å². The fraction of sp³-hybridized carbons (Fsp3) is 0.448. The predicted octanol–water partition coefficient (Wildman–Crippen LogP) is 8.67. The van der Waals surface area contributed by atoms with Crippen molar-refractivity contribution >= 4 is 28.7 Å². The minimum atomic E-state index is -0.680. The van der Waals surface area contributed by atoms with Gasteiger partial charge < -0.3 is 9.30 Å². The third kappa shape index (κ3) is 11.5. The number of rotatable bonds is 6. The normalized spacial score (nSPS) is 10.1. The van der Waals surface area contributed by atoms with E-state index in [0.717, 1.165) is 12.3 Å². The van der Waals surface area contributed by atoms with E-state index in [4.69, 9.17) is 11.6 Å². The summed E-state index contributed by atoms with van der Waals surface area (Å²) in [5.74, 6) is -0.316. The van der Waals surface area contributed by atoms with Gasteiger partial charge in [-0.15, -0.1) is 0 Å². The van der Waals surface area contributed by atoms with Crippen molar-refractivity contribution < 1.29 is 13.9 Å². The lowest BCUT2D eigenvalue weighted by molar-refractivity contribution is 0.0598. The lowest BCUT2D eigenvalue weighted by Crippen LogP contribution is -2.21. The molecule has 0 amide bonds. The second-order valence-electron chi connectivity index (χ2n) is 7.80. The summed E-state index contributed by atoms with van der Waals surface area (Å²) < 4.78 is 20.6. The molecule has 35 heavy (non-hydrogen) atoms. The van der Waals surface area contributed by atoms with Crippen LogP contribution in [0, 0.1) is 11.7 Å². The molecular formula is C29H43ClFNO3. The highest BCUT2D eigenvalue weighted by Gasteiger charge is 2.15. The Morgan fingerprint density at radius 3 is 2.20 bits per heavy atom. The van der Waals surface area contributed by atoms with Gasteiger partial charge >= 0.3 is 5.97 Å². The van der Waals surface area contributed by atoms with Gasteiger partial charge in [-0.25, -0.2) is 9.18 Å². The van der Waals surface area contributed by atoms with Gasteiger partial charge in [0.2, 0.25) is 0 Å². The third-order valence-corrected chi connectivity index (χ3v) is 4.39. The first kappa shape index (κ1) is 34.5. The van der Waals surface area contributed by atoms with Crippen molar-refractivity contribution in [3.05, 3.63) is 81.0 Å². The first-order chi connectivity index (χ1) is 16.5.